The zero-order chi connectivity index (χ0) is 14.4. The third kappa shape index (κ3) is 14.0. The summed E-state index contributed by atoms with van der Waals surface area (Å²) in [5.74, 6) is 0.0340. The van der Waals surface area contributed by atoms with Gasteiger partial charge in [-0.3, -0.25) is 0 Å². The highest BCUT2D eigenvalue weighted by Gasteiger charge is 2.08. The largest absolute Gasteiger partial charge is 0.379 e. The predicted molar refractivity (Wildman–Crippen MR) is 75.1 cm³/mol. The van der Waals surface area contributed by atoms with Gasteiger partial charge in [0, 0.05) is 13.2 Å². The molecule has 0 fully saturated rings. The van der Waals surface area contributed by atoms with Crippen LogP contribution < -0.4 is 5.73 Å². The third-order valence-electron chi connectivity index (χ3n) is 2.35. The summed E-state index contributed by atoms with van der Waals surface area (Å²) in [4.78, 5) is 0. The quantitative estimate of drug-likeness (QED) is 0.461. The molecule has 0 aliphatic carbocycles. The number of ether oxygens (including phenoxy) is 3. The molecule has 116 valence electrons. The number of rotatable bonds is 14. The summed E-state index contributed by atoms with van der Waals surface area (Å²) in [6.45, 7) is 5.22. The van der Waals surface area contributed by atoms with Crippen LogP contribution in [0.15, 0.2) is 0 Å². The average molecular weight is 297 g/mol. The molecule has 0 saturated carbocycles. The van der Waals surface area contributed by atoms with Crippen LogP contribution in [0.3, 0.4) is 0 Å². The van der Waals surface area contributed by atoms with Gasteiger partial charge >= 0.3 is 0 Å². The molecule has 0 atom stereocenters. The topological polar surface area (TPSA) is 87.9 Å². The van der Waals surface area contributed by atoms with Crippen molar-refractivity contribution in [3.63, 3.8) is 0 Å². The highest BCUT2D eigenvalue weighted by Crippen LogP contribution is 1.90. The smallest absolute Gasteiger partial charge is 0.153 e. The Morgan fingerprint density at radius 2 is 1.37 bits per heavy atom. The lowest BCUT2D eigenvalue weighted by Crippen LogP contribution is -2.21. The molecule has 2 N–H and O–H groups in total. The minimum Gasteiger partial charge on any atom is -0.379 e. The summed E-state index contributed by atoms with van der Waals surface area (Å²) < 4.78 is 38.3. The van der Waals surface area contributed by atoms with Gasteiger partial charge in [0.25, 0.3) is 0 Å². The Kier molecular flexibility index (Phi) is 12.7. The van der Waals surface area contributed by atoms with Crippen LogP contribution in [0.4, 0.5) is 0 Å². The molecule has 0 amide bonds. The first kappa shape index (κ1) is 18.8. The average Bonchev–Trinajstić information content (AvgIpc) is 2.36. The SMILES string of the molecule is CCCCOCCOCCOCCS(=O)(=O)CCN. The van der Waals surface area contributed by atoms with Gasteiger partial charge in [0.1, 0.15) is 0 Å². The number of hydrogen-bond acceptors (Lipinski definition) is 6. The maximum atomic E-state index is 11.3. The second-order valence-corrected chi connectivity index (χ2v) is 6.43. The minimum absolute atomic E-state index is 0.0158. The summed E-state index contributed by atoms with van der Waals surface area (Å²) in [6, 6.07) is 0. The van der Waals surface area contributed by atoms with Crippen molar-refractivity contribution < 1.29 is 22.6 Å². The standard InChI is InChI=1S/C12H27NO5S/c1-2-3-5-16-6-7-17-8-9-18-10-12-19(14,15)11-4-13/h2-13H2,1H3. The first-order valence-corrected chi connectivity index (χ1v) is 8.58. The number of nitrogens with two attached hydrogens (primary N) is 1. The second kappa shape index (κ2) is 12.8. The minimum atomic E-state index is -3.05. The zero-order valence-electron chi connectivity index (χ0n) is 11.8. The molecule has 0 aliphatic heterocycles. The van der Waals surface area contributed by atoms with Crippen molar-refractivity contribution in [2.45, 2.75) is 19.8 Å². The summed E-state index contributed by atoms with van der Waals surface area (Å²) in [6.07, 6.45) is 2.20. The van der Waals surface area contributed by atoms with Gasteiger partial charge in [-0.2, -0.15) is 0 Å². The van der Waals surface area contributed by atoms with Gasteiger partial charge in [0.2, 0.25) is 0 Å². The molecule has 0 radical (unpaired) electrons. The van der Waals surface area contributed by atoms with Crippen LogP contribution in [0.2, 0.25) is 0 Å². The van der Waals surface area contributed by atoms with E-state index in [9.17, 15) is 8.42 Å². The van der Waals surface area contributed by atoms with Crippen molar-refractivity contribution in [3.8, 4) is 0 Å². The zero-order valence-corrected chi connectivity index (χ0v) is 12.6. The van der Waals surface area contributed by atoms with Gasteiger partial charge < -0.3 is 19.9 Å². The maximum Gasteiger partial charge on any atom is 0.153 e. The maximum absolute atomic E-state index is 11.3. The van der Waals surface area contributed by atoms with Crippen LogP contribution in [0.5, 0.6) is 0 Å². The first-order valence-electron chi connectivity index (χ1n) is 6.76. The molecule has 0 bridgehead atoms. The van der Waals surface area contributed by atoms with E-state index < -0.39 is 9.84 Å². The lowest BCUT2D eigenvalue weighted by Gasteiger charge is -2.07. The van der Waals surface area contributed by atoms with Crippen molar-refractivity contribution in [3.05, 3.63) is 0 Å². The Hall–Kier alpha value is -0.210. The van der Waals surface area contributed by atoms with Crippen LogP contribution >= 0.6 is 0 Å². The van der Waals surface area contributed by atoms with Crippen LogP contribution in [-0.4, -0.2) is 66.1 Å². The van der Waals surface area contributed by atoms with E-state index in [0.717, 1.165) is 19.4 Å². The van der Waals surface area contributed by atoms with Crippen molar-refractivity contribution in [2.75, 3.05) is 57.7 Å². The molecule has 7 heteroatoms. The van der Waals surface area contributed by atoms with E-state index in [1.54, 1.807) is 0 Å². The van der Waals surface area contributed by atoms with Gasteiger partial charge in [0.05, 0.1) is 44.5 Å². The fraction of sp³-hybridized carbons (Fsp3) is 1.00. The van der Waals surface area contributed by atoms with Crippen molar-refractivity contribution >= 4 is 9.84 Å². The summed E-state index contributed by atoms with van der Waals surface area (Å²) in [5, 5.41) is 0. The summed E-state index contributed by atoms with van der Waals surface area (Å²) >= 11 is 0. The normalized spacial score (nSPS) is 11.9. The van der Waals surface area contributed by atoms with E-state index in [1.807, 2.05) is 0 Å². The highest BCUT2D eigenvalue weighted by atomic mass is 32.2. The molecule has 0 saturated heterocycles. The molecule has 0 heterocycles. The van der Waals surface area contributed by atoms with Gasteiger partial charge in [-0.1, -0.05) is 13.3 Å². The van der Waals surface area contributed by atoms with E-state index in [2.05, 4.69) is 6.92 Å². The first-order chi connectivity index (χ1) is 9.12. The molecular formula is C12H27NO5S. The van der Waals surface area contributed by atoms with Gasteiger partial charge in [0.15, 0.2) is 9.84 Å². The summed E-state index contributed by atoms with van der Waals surface area (Å²) in [7, 11) is -3.05. The Bertz CT molecular complexity index is 282. The van der Waals surface area contributed by atoms with Gasteiger partial charge in [-0.05, 0) is 6.42 Å². The number of sulfone groups is 1. The van der Waals surface area contributed by atoms with Crippen molar-refractivity contribution in [2.24, 2.45) is 5.73 Å². The monoisotopic (exact) mass is 297 g/mol. The fourth-order valence-corrected chi connectivity index (χ4v) is 2.19. The molecule has 0 aromatic rings. The molecule has 19 heavy (non-hydrogen) atoms. The van der Waals surface area contributed by atoms with E-state index in [4.69, 9.17) is 19.9 Å². The molecule has 0 aromatic heterocycles. The van der Waals surface area contributed by atoms with Gasteiger partial charge in [-0.15, -0.1) is 0 Å². The Morgan fingerprint density at radius 1 is 0.842 bits per heavy atom. The molecule has 0 spiro atoms. The Labute approximate surface area is 116 Å². The Balaban J connectivity index is 3.19. The van der Waals surface area contributed by atoms with Gasteiger partial charge in [-0.25, -0.2) is 8.42 Å². The molecule has 0 unspecified atom stereocenters. The molecule has 0 aliphatic rings. The second-order valence-electron chi connectivity index (χ2n) is 4.13. The van der Waals surface area contributed by atoms with E-state index >= 15 is 0 Å². The van der Waals surface area contributed by atoms with Crippen LogP contribution in [-0.2, 0) is 24.0 Å². The highest BCUT2D eigenvalue weighted by molar-refractivity contribution is 7.91. The van der Waals surface area contributed by atoms with E-state index in [1.165, 1.54) is 0 Å². The van der Waals surface area contributed by atoms with Crippen LogP contribution in [0.1, 0.15) is 19.8 Å². The summed E-state index contributed by atoms with van der Waals surface area (Å²) in [5.41, 5.74) is 5.19. The van der Waals surface area contributed by atoms with Crippen LogP contribution in [0.25, 0.3) is 0 Å². The molecule has 0 rings (SSSR count). The lowest BCUT2D eigenvalue weighted by atomic mass is 10.4. The van der Waals surface area contributed by atoms with Crippen LogP contribution in [0, 0.1) is 0 Å². The lowest BCUT2D eigenvalue weighted by molar-refractivity contribution is 0.0167. The molecule has 6 nitrogen and oxygen atoms in total. The molecule has 0 aromatic carbocycles. The van der Waals surface area contributed by atoms with E-state index in [0.29, 0.717) is 26.4 Å². The fourth-order valence-electron chi connectivity index (χ4n) is 1.26. The van der Waals surface area contributed by atoms with Crippen molar-refractivity contribution in [1.82, 2.24) is 0 Å². The number of unbranched alkanes of at least 4 members (excludes halogenated alkanes) is 1. The predicted octanol–water partition coefficient (Wildman–Crippen LogP) is 0.210. The molecular weight excluding hydrogens is 270 g/mol. The van der Waals surface area contributed by atoms with E-state index in [-0.39, 0.29) is 24.7 Å². The van der Waals surface area contributed by atoms with Crippen molar-refractivity contribution in [1.29, 1.82) is 0 Å². The Morgan fingerprint density at radius 3 is 1.89 bits per heavy atom. The third-order valence-corrected chi connectivity index (χ3v) is 4.00. The number of hydrogen-bond donors (Lipinski definition) is 1.